The molecule has 0 saturated carbocycles. The van der Waals surface area contributed by atoms with E-state index in [0.717, 1.165) is 34.0 Å². The van der Waals surface area contributed by atoms with Crippen molar-refractivity contribution in [1.82, 2.24) is 9.38 Å². The van der Waals surface area contributed by atoms with Crippen molar-refractivity contribution in [3.8, 4) is 11.3 Å². The van der Waals surface area contributed by atoms with Crippen LogP contribution in [0, 0.1) is 20.8 Å². The number of rotatable bonds is 3. The zero-order valence-electron chi connectivity index (χ0n) is 15.1. The lowest BCUT2D eigenvalue weighted by atomic mass is 10.0. The number of azo groups is 1. The highest BCUT2D eigenvalue weighted by Gasteiger charge is 2.14. The fourth-order valence-corrected chi connectivity index (χ4v) is 2.92. The number of hydrogen-bond donors (Lipinski definition) is 0. The van der Waals surface area contributed by atoms with Gasteiger partial charge in [0.15, 0.2) is 5.82 Å². The second-order valence-electron chi connectivity index (χ2n) is 6.55. The third-order valence-electron chi connectivity index (χ3n) is 4.54. The van der Waals surface area contributed by atoms with Crippen molar-refractivity contribution >= 4 is 17.2 Å². The second kappa shape index (κ2) is 6.56. The predicted octanol–water partition coefficient (Wildman–Crippen LogP) is 6.34. The molecule has 0 radical (unpaired) electrons. The normalized spacial score (nSPS) is 11.5. The van der Waals surface area contributed by atoms with Crippen LogP contribution in [-0.2, 0) is 0 Å². The van der Waals surface area contributed by atoms with Gasteiger partial charge in [-0.15, -0.1) is 10.2 Å². The summed E-state index contributed by atoms with van der Waals surface area (Å²) in [5, 5.41) is 8.98. The Balaban J connectivity index is 1.91. The third kappa shape index (κ3) is 3.02. The lowest BCUT2D eigenvalue weighted by Gasteiger charge is -2.04. The molecule has 0 amide bonds. The SMILES string of the molecule is Cc1ccc2nc(-c3ccc(C)c(C)c3)c(N=Nc3ccccc3)n2c1. The molecule has 0 fully saturated rings. The number of imidazole rings is 1. The van der Waals surface area contributed by atoms with Crippen molar-refractivity contribution in [3.63, 3.8) is 0 Å². The van der Waals surface area contributed by atoms with E-state index in [9.17, 15) is 0 Å². The van der Waals surface area contributed by atoms with Crippen LogP contribution in [0.2, 0.25) is 0 Å². The zero-order chi connectivity index (χ0) is 18.1. The molecule has 26 heavy (non-hydrogen) atoms. The number of aromatic nitrogens is 2. The van der Waals surface area contributed by atoms with Crippen molar-refractivity contribution in [1.29, 1.82) is 0 Å². The van der Waals surface area contributed by atoms with E-state index in [2.05, 4.69) is 55.3 Å². The maximum absolute atomic E-state index is 4.82. The topological polar surface area (TPSA) is 42.0 Å². The number of fused-ring (bicyclic) bond motifs is 1. The molecule has 4 heteroatoms. The summed E-state index contributed by atoms with van der Waals surface area (Å²) in [5.74, 6) is 0.746. The first kappa shape index (κ1) is 16.2. The van der Waals surface area contributed by atoms with Gasteiger partial charge in [-0.2, -0.15) is 0 Å². The van der Waals surface area contributed by atoms with Crippen molar-refractivity contribution in [2.75, 3.05) is 0 Å². The van der Waals surface area contributed by atoms with E-state index in [1.165, 1.54) is 11.1 Å². The summed E-state index contributed by atoms with van der Waals surface area (Å²) in [5.41, 5.74) is 7.24. The highest BCUT2D eigenvalue weighted by atomic mass is 15.2. The van der Waals surface area contributed by atoms with Gasteiger partial charge in [0.05, 0.1) is 5.69 Å². The van der Waals surface area contributed by atoms with Crippen LogP contribution >= 0.6 is 0 Å². The zero-order valence-corrected chi connectivity index (χ0v) is 15.1. The van der Waals surface area contributed by atoms with E-state index in [0.29, 0.717) is 0 Å². The minimum atomic E-state index is 0.746. The molecule has 2 heterocycles. The van der Waals surface area contributed by atoms with Crippen LogP contribution in [0.4, 0.5) is 11.5 Å². The van der Waals surface area contributed by atoms with Gasteiger partial charge >= 0.3 is 0 Å². The van der Waals surface area contributed by atoms with Crippen LogP contribution in [0.25, 0.3) is 16.9 Å². The fourth-order valence-electron chi connectivity index (χ4n) is 2.92. The Bertz CT molecular complexity index is 1110. The first-order valence-corrected chi connectivity index (χ1v) is 8.65. The molecule has 0 aliphatic rings. The van der Waals surface area contributed by atoms with Gasteiger partial charge in [0.2, 0.25) is 0 Å². The van der Waals surface area contributed by atoms with Gasteiger partial charge in [-0.25, -0.2) is 4.98 Å². The van der Waals surface area contributed by atoms with Crippen LogP contribution in [0.3, 0.4) is 0 Å². The van der Waals surface area contributed by atoms with E-state index in [1.54, 1.807) is 0 Å². The number of pyridine rings is 1. The molecule has 0 saturated heterocycles. The quantitative estimate of drug-likeness (QED) is 0.401. The van der Waals surface area contributed by atoms with Gasteiger partial charge in [-0.1, -0.05) is 36.4 Å². The Morgan fingerprint density at radius 3 is 2.38 bits per heavy atom. The van der Waals surface area contributed by atoms with Gasteiger partial charge < -0.3 is 0 Å². The second-order valence-corrected chi connectivity index (χ2v) is 6.55. The molecule has 4 rings (SSSR count). The highest BCUT2D eigenvalue weighted by Crippen LogP contribution is 2.33. The first-order valence-electron chi connectivity index (χ1n) is 8.65. The monoisotopic (exact) mass is 340 g/mol. The standard InChI is InChI=1S/C22H20N4/c1-15-9-12-20-23-21(18-11-10-16(2)17(3)13-18)22(26(20)14-15)25-24-19-7-5-4-6-8-19/h4-14H,1-3H3. The molecule has 128 valence electrons. The summed E-state index contributed by atoms with van der Waals surface area (Å²) < 4.78 is 2.01. The van der Waals surface area contributed by atoms with E-state index < -0.39 is 0 Å². The van der Waals surface area contributed by atoms with Gasteiger partial charge in [0.25, 0.3) is 0 Å². The molecule has 2 aromatic heterocycles. The Morgan fingerprint density at radius 1 is 0.808 bits per heavy atom. The number of benzene rings is 2. The lowest BCUT2D eigenvalue weighted by molar-refractivity contribution is 1.09. The Kier molecular flexibility index (Phi) is 4.09. The van der Waals surface area contributed by atoms with Crippen molar-refractivity contribution in [3.05, 3.63) is 83.6 Å². The molecule has 0 bridgehead atoms. The van der Waals surface area contributed by atoms with Gasteiger partial charge in [-0.05, 0) is 61.7 Å². The van der Waals surface area contributed by atoms with Crippen molar-refractivity contribution in [2.45, 2.75) is 20.8 Å². The van der Waals surface area contributed by atoms with E-state index >= 15 is 0 Å². The van der Waals surface area contributed by atoms with Crippen LogP contribution < -0.4 is 0 Å². The molecule has 0 spiro atoms. The molecule has 2 aromatic carbocycles. The largest absolute Gasteiger partial charge is 0.282 e. The summed E-state index contributed by atoms with van der Waals surface area (Å²) in [4.78, 5) is 4.82. The number of nitrogens with zero attached hydrogens (tertiary/aromatic N) is 4. The molecule has 0 unspecified atom stereocenters. The highest BCUT2D eigenvalue weighted by molar-refractivity contribution is 5.75. The average molecular weight is 340 g/mol. The van der Waals surface area contributed by atoms with E-state index in [1.807, 2.05) is 47.0 Å². The van der Waals surface area contributed by atoms with Crippen molar-refractivity contribution < 1.29 is 0 Å². The van der Waals surface area contributed by atoms with Gasteiger partial charge in [0.1, 0.15) is 11.3 Å². The van der Waals surface area contributed by atoms with Crippen LogP contribution in [0.5, 0.6) is 0 Å². The molecule has 0 aliphatic heterocycles. The summed E-state index contributed by atoms with van der Waals surface area (Å²) in [6.07, 6.45) is 2.05. The molecule has 0 N–H and O–H groups in total. The smallest absolute Gasteiger partial charge is 0.187 e. The summed E-state index contributed by atoms with van der Waals surface area (Å²) in [7, 11) is 0. The molecular weight excluding hydrogens is 320 g/mol. The maximum atomic E-state index is 4.82. The Morgan fingerprint density at radius 2 is 1.62 bits per heavy atom. The Hall–Kier alpha value is -3.27. The van der Waals surface area contributed by atoms with E-state index in [-0.39, 0.29) is 0 Å². The average Bonchev–Trinajstić information content (AvgIpc) is 3.01. The first-order chi connectivity index (χ1) is 12.6. The summed E-state index contributed by atoms with van der Waals surface area (Å²) in [6.45, 7) is 6.29. The number of hydrogen-bond acceptors (Lipinski definition) is 3. The molecule has 0 aliphatic carbocycles. The van der Waals surface area contributed by atoms with Gasteiger partial charge in [0, 0.05) is 11.8 Å². The van der Waals surface area contributed by atoms with Crippen LogP contribution in [-0.4, -0.2) is 9.38 Å². The molecular formula is C22H20N4. The lowest BCUT2D eigenvalue weighted by Crippen LogP contribution is -1.85. The van der Waals surface area contributed by atoms with E-state index in [4.69, 9.17) is 4.98 Å². The molecule has 4 nitrogen and oxygen atoms in total. The van der Waals surface area contributed by atoms with Crippen LogP contribution in [0.15, 0.2) is 77.1 Å². The summed E-state index contributed by atoms with van der Waals surface area (Å²) >= 11 is 0. The maximum Gasteiger partial charge on any atom is 0.187 e. The fraction of sp³-hybridized carbons (Fsp3) is 0.136. The van der Waals surface area contributed by atoms with Crippen LogP contribution in [0.1, 0.15) is 16.7 Å². The molecule has 4 aromatic rings. The Labute approximate surface area is 152 Å². The minimum Gasteiger partial charge on any atom is -0.282 e. The van der Waals surface area contributed by atoms with Gasteiger partial charge in [-0.3, -0.25) is 4.40 Å². The summed E-state index contributed by atoms with van der Waals surface area (Å²) in [6, 6.07) is 20.2. The molecule has 0 atom stereocenters. The third-order valence-corrected chi connectivity index (χ3v) is 4.54. The number of aryl methyl sites for hydroxylation is 3. The predicted molar refractivity (Wildman–Crippen MR) is 105 cm³/mol. The minimum absolute atomic E-state index is 0.746. The van der Waals surface area contributed by atoms with Crippen molar-refractivity contribution in [2.24, 2.45) is 10.2 Å².